The van der Waals surface area contributed by atoms with E-state index in [4.69, 9.17) is 0 Å². The standard InChI is InChI=1S/C5H7NO2S.K/c1-9-3-4-2-6(4)5(7)8;/h2,4H,3H2,1H3;/q;+1. The van der Waals surface area contributed by atoms with Crippen molar-refractivity contribution >= 4 is 24.1 Å². The minimum Gasteiger partial charge on any atom is -0.490 e. The van der Waals surface area contributed by atoms with Crippen molar-refractivity contribution in [2.45, 2.75) is 6.04 Å². The molecule has 5 heteroatoms. The molecule has 0 aliphatic carbocycles. The maximum absolute atomic E-state index is 10.0. The van der Waals surface area contributed by atoms with E-state index in [9.17, 15) is 9.90 Å². The van der Waals surface area contributed by atoms with E-state index in [-0.39, 0.29) is 57.4 Å². The third kappa shape index (κ3) is 3.02. The Hall–Kier alpha value is 1.13. The molecule has 0 saturated carbocycles. The summed E-state index contributed by atoms with van der Waals surface area (Å²) < 4.78 is 1.20. The Balaban J connectivity index is 0.000000810. The molecule has 0 saturated heterocycles. The van der Waals surface area contributed by atoms with Crippen molar-refractivity contribution in [2.75, 3.05) is 12.0 Å². The number of nitrogens with zero attached hydrogens (tertiary/aromatic N) is 1. The molecular formula is C5H7KNO2S+. The van der Waals surface area contributed by atoms with Crippen molar-refractivity contribution in [3.8, 4) is 0 Å². The summed E-state index contributed by atoms with van der Waals surface area (Å²) in [5, 5.41) is 10.0. The number of carboxylic acid groups (broad SMARTS) is 1. The van der Waals surface area contributed by atoms with E-state index in [2.05, 4.69) is 0 Å². The van der Waals surface area contributed by atoms with Crippen molar-refractivity contribution in [1.29, 1.82) is 0 Å². The normalized spacial score (nSPS) is 20.9. The summed E-state index contributed by atoms with van der Waals surface area (Å²) in [6, 6.07) is 0.116. The van der Waals surface area contributed by atoms with Gasteiger partial charge in [0.05, 0.1) is 5.75 Å². The van der Waals surface area contributed by atoms with Gasteiger partial charge in [0, 0.05) is 0 Å². The molecule has 0 fully saturated rings. The topological polar surface area (TPSA) is 43.1 Å². The number of amides is 1. The molecule has 0 N–H and O–H groups in total. The summed E-state index contributed by atoms with van der Waals surface area (Å²) in [6.07, 6.45) is 2.50. The minimum absolute atomic E-state index is 0. The molecule has 0 spiro atoms. The minimum atomic E-state index is -1.09. The zero-order valence-electron chi connectivity index (χ0n) is 6.03. The molecule has 0 aromatic rings. The molecule has 1 aliphatic heterocycles. The van der Waals surface area contributed by atoms with E-state index in [1.807, 2.05) is 6.26 Å². The molecule has 1 rings (SSSR count). The van der Waals surface area contributed by atoms with Crippen LogP contribution in [0.3, 0.4) is 0 Å². The Morgan fingerprint density at radius 1 is 1.90 bits per heavy atom. The summed E-state index contributed by atoms with van der Waals surface area (Å²) >= 11 is 1.63. The number of hydrogen-bond donors (Lipinski definition) is 0. The van der Waals surface area contributed by atoms with Crippen LogP contribution in [0.25, 0.3) is 0 Å². The van der Waals surface area contributed by atoms with Crippen molar-refractivity contribution < 1.29 is 65.9 Å². The Kier molecular flexibility index (Phi) is 5.45. The second-order valence-corrected chi connectivity index (χ2v) is 2.76. The zero-order chi connectivity index (χ0) is 6.85. The van der Waals surface area contributed by atoms with Gasteiger partial charge in [-0.25, -0.2) is 0 Å². The first-order valence-electron chi connectivity index (χ1n) is 2.59. The van der Waals surface area contributed by atoms with E-state index in [1.54, 1.807) is 18.0 Å². The van der Waals surface area contributed by atoms with Crippen LogP contribution in [0.1, 0.15) is 0 Å². The average molecular weight is 184 g/mol. The van der Waals surface area contributed by atoms with Gasteiger partial charge in [-0.1, -0.05) is 0 Å². The Bertz CT molecular complexity index is 171. The molecule has 1 unspecified atom stereocenters. The average Bonchev–Trinajstić information content (AvgIpc) is 2.47. The Morgan fingerprint density at radius 2 is 2.50 bits per heavy atom. The van der Waals surface area contributed by atoms with E-state index < -0.39 is 6.09 Å². The van der Waals surface area contributed by atoms with Crippen LogP contribution in [0.2, 0.25) is 0 Å². The molecular weight excluding hydrogens is 177 g/mol. The second kappa shape index (κ2) is 4.90. The Labute approximate surface area is 106 Å². The van der Waals surface area contributed by atoms with E-state index in [0.717, 1.165) is 5.75 Å². The van der Waals surface area contributed by atoms with Gasteiger partial charge in [0.2, 0.25) is 12.3 Å². The number of hydrogen-bond acceptors (Lipinski definition) is 3. The molecule has 50 valence electrons. The number of thioether (sulfide) groups is 1. The first kappa shape index (κ1) is 11.1. The van der Waals surface area contributed by atoms with Crippen LogP contribution >= 0.6 is 11.8 Å². The molecule has 0 bridgehead atoms. The van der Waals surface area contributed by atoms with Crippen LogP contribution in [0.15, 0.2) is 0 Å². The summed E-state index contributed by atoms with van der Waals surface area (Å²) in [5.74, 6) is 0.841. The van der Waals surface area contributed by atoms with E-state index in [1.165, 1.54) is 4.58 Å². The molecule has 1 atom stereocenters. The van der Waals surface area contributed by atoms with Gasteiger partial charge in [0.15, 0.2) is 0 Å². The summed E-state index contributed by atoms with van der Waals surface area (Å²) in [5.41, 5.74) is 0. The van der Waals surface area contributed by atoms with Crippen LogP contribution in [0.5, 0.6) is 0 Å². The molecule has 3 nitrogen and oxygen atoms in total. The van der Waals surface area contributed by atoms with Crippen LogP contribution in [0, 0.1) is 0 Å². The summed E-state index contributed by atoms with van der Waals surface area (Å²) in [4.78, 5) is 10.0. The fourth-order valence-electron chi connectivity index (χ4n) is 0.637. The van der Waals surface area contributed by atoms with Crippen LogP contribution in [-0.4, -0.2) is 34.9 Å². The maximum atomic E-state index is 10.0. The first-order valence-corrected chi connectivity index (χ1v) is 3.98. The predicted molar refractivity (Wildman–Crippen MR) is 33.9 cm³/mol. The van der Waals surface area contributed by atoms with Crippen molar-refractivity contribution in [3.05, 3.63) is 0 Å². The molecule has 1 aliphatic rings. The van der Waals surface area contributed by atoms with Gasteiger partial charge in [0.25, 0.3) is 0 Å². The smallest absolute Gasteiger partial charge is 0.490 e. The fourth-order valence-corrected chi connectivity index (χ4v) is 1.23. The van der Waals surface area contributed by atoms with Gasteiger partial charge in [-0.15, -0.1) is 0 Å². The zero-order valence-corrected chi connectivity index (χ0v) is 9.97. The molecule has 1 amide bonds. The predicted octanol–water partition coefficient (Wildman–Crippen LogP) is -3.84. The van der Waals surface area contributed by atoms with Crippen LogP contribution < -0.4 is 56.5 Å². The molecule has 0 radical (unpaired) electrons. The summed E-state index contributed by atoms with van der Waals surface area (Å²) in [6.45, 7) is 0. The van der Waals surface area contributed by atoms with Crippen molar-refractivity contribution in [2.24, 2.45) is 0 Å². The van der Waals surface area contributed by atoms with Gasteiger partial charge < -0.3 is 9.90 Å². The van der Waals surface area contributed by atoms with Crippen LogP contribution in [0.4, 0.5) is 4.79 Å². The van der Waals surface area contributed by atoms with Gasteiger partial charge in [-0.2, -0.15) is 16.3 Å². The third-order valence-corrected chi connectivity index (χ3v) is 1.82. The molecule has 0 aromatic heterocycles. The first-order chi connectivity index (χ1) is 4.25. The number of rotatable bonds is 2. The second-order valence-electron chi connectivity index (χ2n) is 1.84. The van der Waals surface area contributed by atoms with E-state index in [0.29, 0.717) is 0 Å². The molecule has 0 aromatic carbocycles. The SMILES string of the molecule is CSCC1C=[N+]1C(=O)[O-].[K+]. The van der Waals surface area contributed by atoms with Gasteiger partial charge >= 0.3 is 57.5 Å². The maximum Gasteiger partial charge on any atom is 1.00 e. The number of carbonyl (C=O) groups is 1. The Morgan fingerprint density at radius 3 is 2.80 bits per heavy atom. The quantitative estimate of drug-likeness (QED) is 0.326. The fraction of sp³-hybridized carbons (Fsp3) is 0.600. The van der Waals surface area contributed by atoms with Gasteiger partial charge in [-0.05, 0) is 6.26 Å². The van der Waals surface area contributed by atoms with Crippen LogP contribution in [-0.2, 0) is 0 Å². The number of carbonyl (C=O) groups excluding carboxylic acids is 1. The third-order valence-electron chi connectivity index (χ3n) is 1.15. The molecule has 10 heavy (non-hydrogen) atoms. The summed E-state index contributed by atoms with van der Waals surface area (Å²) in [7, 11) is 0. The van der Waals surface area contributed by atoms with E-state index >= 15 is 0 Å². The van der Waals surface area contributed by atoms with Gasteiger partial charge in [-0.3, -0.25) is 0 Å². The van der Waals surface area contributed by atoms with Crippen molar-refractivity contribution in [1.82, 2.24) is 0 Å². The molecule has 1 heterocycles. The van der Waals surface area contributed by atoms with Gasteiger partial charge in [0.1, 0.15) is 0 Å². The monoisotopic (exact) mass is 184 g/mol. The van der Waals surface area contributed by atoms with Crippen molar-refractivity contribution in [3.63, 3.8) is 0 Å². The largest absolute Gasteiger partial charge is 1.00 e.